The highest BCUT2D eigenvalue weighted by Gasteiger charge is 2.25. The molecule has 0 fully saturated rings. The van der Waals surface area contributed by atoms with Crippen molar-refractivity contribution in [1.82, 2.24) is 4.98 Å². The third-order valence-electron chi connectivity index (χ3n) is 4.54. The SMILES string of the molecule is Cc1ccc2sc(-c3ccc(N=C4C(=O)Nc5ccccc54)cc3)nc2c1. The first-order valence-corrected chi connectivity index (χ1v) is 9.46. The highest BCUT2D eigenvalue weighted by Crippen LogP contribution is 2.32. The van der Waals surface area contributed by atoms with Crippen molar-refractivity contribution in [3.63, 3.8) is 0 Å². The molecule has 1 aliphatic rings. The van der Waals surface area contributed by atoms with Crippen molar-refractivity contribution < 1.29 is 4.79 Å². The van der Waals surface area contributed by atoms with Gasteiger partial charge in [-0.2, -0.15) is 0 Å². The molecule has 5 heteroatoms. The quantitative estimate of drug-likeness (QED) is 0.518. The lowest BCUT2D eigenvalue weighted by Gasteiger charge is -2.00. The number of hydrogen-bond acceptors (Lipinski definition) is 4. The molecule has 1 N–H and O–H groups in total. The maximum Gasteiger partial charge on any atom is 0.275 e. The lowest BCUT2D eigenvalue weighted by atomic mass is 10.1. The van der Waals surface area contributed by atoms with Crippen molar-refractivity contribution in [2.75, 3.05) is 5.32 Å². The van der Waals surface area contributed by atoms with E-state index in [0.29, 0.717) is 5.71 Å². The van der Waals surface area contributed by atoms with Crippen LogP contribution in [0.5, 0.6) is 0 Å². The maximum absolute atomic E-state index is 12.2. The molecule has 1 aromatic heterocycles. The summed E-state index contributed by atoms with van der Waals surface area (Å²) >= 11 is 1.68. The molecule has 1 amide bonds. The summed E-state index contributed by atoms with van der Waals surface area (Å²) in [6.07, 6.45) is 0. The highest BCUT2D eigenvalue weighted by molar-refractivity contribution is 7.21. The van der Waals surface area contributed by atoms with Crippen molar-refractivity contribution in [2.45, 2.75) is 6.92 Å². The standard InChI is InChI=1S/C22H15N3OS/c1-13-6-11-19-18(12-13)25-22(27-19)14-7-9-15(10-8-14)23-20-16-4-2-3-5-17(16)24-21(20)26/h2-12H,1H3,(H,23,24,26). The van der Waals surface area contributed by atoms with Crippen molar-refractivity contribution in [3.05, 3.63) is 77.9 Å². The Hall–Kier alpha value is -3.31. The summed E-state index contributed by atoms with van der Waals surface area (Å²) in [5.74, 6) is -0.165. The van der Waals surface area contributed by atoms with Crippen LogP contribution < -0.4 is 5.32 Å². The zero-order valence-corrected chi connectivity index (χ0v) is 15.4. The van der Waals surface area contributed by atoms with Crippen LogP contribution in [0, 0.1) is 6.92 Å². The second kappa shape index (κ2) is 6.14. The van der Waals surface area contributed by atoms with Crippen LogP contribution in [-0.2, 0) is 4.79 Å². The van der Waals surface area contributed by atoms with Gasteiger partial charge in [-0.25, -0.2) is 9.98 Å². The van der Waals surface area contributed by atoms with Crippen molar-refractivity contribution in [1.29, 1.82) is 0 Å². The highest BCUT2D eigenvalue weighted by atomic mass is 32.1. The van der Waals surface area contributed by atoms with E-state index in [1.54, 1.807) is 11.3 Å². The predicted molar refractivity (Wildman–Crippen MR) is 111 cm³/mol. The summed E-state index contributed by atoms with van der Waals surface area (Å²) in [7, 11) is 0. The molecule has 0 bridgehead atoms. The molecule has 0 radical (unpaired) electrons. The Labute approximate surface area is 160 Å². The topological polar surface area (TPSA) is 54.4 Å². The third kappa shape index (κ3) is 2.82. The van der Waals surface area contributed by atoms with Gasteiger partial charge in [0.25, 0.3) is 5.91 Å². The van der Waals surface area contributed by atoms with Gasteiger partial charge >= 0.3 is 0 Å². The first-order valence-electron chi connectivity index (χ1n) is 8.64. The van der Waals surface area contributed by atoms with Gasteiger partial charge in [0.05, 0.1) is 21.6 Å². The minimum atomic E-state index is -0.165. The molecule has 130 valence electrons. The Bertz CT molecular complexity index is 1220. The first-order chi connectivity index (χ1) is 13.2. The fourth-order valence-electron chi connectivity index (χ4n) is 3.18. The number of anilines is 1. The van der Waals surface area contributed by atoms with Gasteiger partial charge in [0.2, 0.25) is 0 Å². The zero-order valence-electron chi connectivity index (χ0n) is 14.6. The van der Waals surface area contributed by atoms with E-state index >= 15 is 0 Å². The molecule has 27 heavy (non-hydrogen) atoms. The van der Waals surface area contributed by atoms with E-state index in [1.807, 2.05) is 48.5 Å². The second-order valence-electron chi connectivity index (χ2n) is 6.50. The molecular formula is C22H15N3OS. The van der Waals surface area contributed by atoms with Gasteiger partial charge in [-0.05, 0) is 55.0 Å². The van der Waals surface area contributed by atoms with Gasteiger partial charge in [-0.1, -0.05) is 24.3 Å². The number of carbonyl (C=O) groups excluding carboxylic acids is 1. The molecule has 2 heterocycles. The molecule has 5 rings (SSSR count). The van der Waals surface area contributed by atoms with Crippen LogP contribution in [0.2, 0.25) is 0 Å². The van der Waals surface area contributed by atoms with Crippen molar-refractivity contribution >= 4 is 44.5 Å². The first kappa shape index (κ1) is 15.9. The second-order valence-corrected chi connectivity index (χ2v) is 7.53. The number of thiazole rings is 1. The summed E-state index contributed by atoms with van der Waals surface area (Å²) in [5.41, 5.74) is 6.13. The Morgan fingerprint density at radius 3 is 2.67 bits per heavy atom. The number of amides is 1. The summed E-state index contributed by atoms with van der Waals surface area (Å²) in [5, 5.41) is 3.83. The Morgan fingerprint density at radius 2 is 1.81 bits per heavy atom. The predicted octanol–water partition coefficient (Wildman–Crippen LogP) is 5.34. The van der Waals surface area contributed by atoms with E-state index < -0.39 is 0 Å². The van der Waals surface area contributed by atoms with Crippen LogP contribution in [0.3, 0.4) is 0 Å². The van der Waals surface area contributed by atoms with E-state index in [1.165, 1.54) is 10.3 Å². The Kier molecular flexibility index (Phi) is 3.62. The van der Waals surface area contributed by atoms with Gasteiger partial charge in [-0.15, -0.1) is 11.3 Å². The summed E-state index contributed by atoms with van der Waals surface area (Å²) in [6, 6.07) is 21.8. The number of nitrogens with one attached hydrogen (secondary N) is 1. The monoisotopic (exact) mass is 369 g/mol. The van der Waals surface area contributed by atoms with Crippen LogP contribution in [-0.4, -0.2) is 16.6 Å². The lowest BCUT2D eigenvalue weighted by molar-refractivity contribution is -0.110. The number of aromatic nitrogens is 1. The van der Waals surface area contributed by atoms with Gasteiger partial charge < -0.3 is 5.32 Å². The number of aryl methyl sites for hydroxylation is 1. The number of rotatable bonds is 2. The van der Waals surface area contributed by atoms with Crippen LogP contribution in [0.4, 0.5) is 11.4 Å². The summed E-state index contributed by atoms with van der Waals surface area (Å²) < 4.78 is 1.18. The summed E-state index contributed by atoms with van der Waals surface area (Å²) in [4.78, 5) is 21.5. The number of fused-ring (bicyclic) bond motifs is 2. The fraction of sp³-hybridized carbons (Fsp3) is 0.0455. The van der Waals surface area contributed by atoms with Crippen LogP contribution in [0.25, 0.3) is 20.8 Å². The van der Waals surface area contributed by atoms with Gasteiger partial charge in [-0.3, -0.25) is 4.79 Å². The van der Waals surface area contributed by atoms with Gasteiger partial charge in [0.15, 0.2) is 0 Å². The molecule has 3 aromatic carbocycles. The van der Waals surface area contributed by atoms with Crippen LogP contribution in [0.1, 0.15) is 11.1 Å². The zero-order chi connectivity index (χ0) is 18.4. The number of benzene rings is 3. The Morgan fingerprint density at radius 1 is 1.00 bits per heavy atom. The molecule has 0 saturated heterocycles. The molecule has 0 atom stereocenters. The molecule has 0 saturated carbocycles. The molecular weight excluding hydrogens is 354 g/mol. The fourth-order valence-corrected chi connectivity index (χ4v) is 4.13. The average Bonchev–Trinajstić information content (AvgIpc) is 3.23. The van der Waals surface area contributed by atoms with Crippen molar-refractivity contribution in [3.8, 4) is 10.6 Å². The molecule has 0 unspecified atom stereocenters. The number of hydrogen-bond donors (Lipinski definition) is 1. The van der Waals surface area contributed by atoms with E-state index in [-0.39, 0.29) is 5.91 Å². The number of aliphatic imine (C=N–C) groups is 1. The van der Waals surface area contributed by atoms with Gasteiger partial charge in [0.1, 0.15) is 10.7 Å². The summed E-state index contributed by atoms with van der Waals surface area (Å²) in [6.45, 7) is 2.07. The third-order valence-corrected chi connectivity index (χ3v) is 5.63. The molecule has 4 aromatic rings. The largest absolute Gasteiger partial charge is 0.320 e. The molecule has 1 aliphatic heterocycles. The molecule has 0 aliphatic carbocycles. The lowest BCUT2D eigenvalue weighted by Crippen LogP contribution is -2.13. The normalized spacial score (nSPS) is 14.6. The van der Waals surface area contributed by atoms with Gasteiger partial charge in [0, 0.05) is 11.1 Å². The van der Waals surface area contributed by atoms with Crippen LogP contribution in [0.15, 0.2) is 71.7 Å². The molecule has 4 nitrogen and oxygen atoms in total. The number of nitrogens with zero attached hydrogens (tertiary/aromatic N) is 2. The minimum absolute atomic E-state index is 0.165. The van der Waals surface area contributed by atoms with E-state index in [2.05, 4.69) is 35.4 Å². The van der Waals surface area contributed by atoms with E-state index in [9.17, 15) is 4.79 Å². The average molecular weight is 369 g/mol. The smallest absolute Gasteiger partial charge is 0.275 e. The van der Waals surface area contributed by atoms with Crippen LogP contribution >= 0.6 is 11.3 Å². The van der Waals surface area contributed by atoms with E-state index in [0.717, 1.165) is 33.0 Å². The Balaban J connectivity index is 1.49. The maximum atomic E-state index is 12.2. The minimum Gasteiger partial charge on any atom is -0.320 e. The van der Waals surface area contributed by atoms with Crippen molar-refractivity contribution in [2.24, 2.45) is 4.99 Å². The molecule has 0 spiro atoms. The number of para-hydroxylation sites is 1. The van der Waals surface area contributed by atoms with E-state index in [4.69, 9.17) is 4.98 Å². The number of carbonyl (C=O) groups is 1.